The van der Waals surface area contributed by atoms with Crippen molar-refractivity contribution in [3.63, 3.8) is 0 Å². The maximum absolute atomic E-state index is 11.1. The van der Waals surface area contributed by atoms with Crippen molar-refractivity contribution >= 4 is 37.9 Å². The fourth-order valence-corrected chi connectivity index (χ4v) is 2.00. The van der Waals surface area contributed by atoms with Crippen molar-refractivity contribution in [2.45, 2.75) is 5.33 Å². The van der Waals surface area contributed by atoms with Crippen LogP contribution in [0.2, 0.25) is 0 Å². The zero-order chi connectivity index (χ0) is 11.1. The van der Waals surface area contributed by atoms with E-state index >= 15 is 0 Å². The van der Waals surface area contributed by atoms with Crippen LogP contribution in [-0.4, -0.2) is 0 Å². The van der Waals surface area contributed by atoms with Gasteiger partial charge in [-0.1, -0.05) is 15.9 Å². The van der Waals surface area contributed by atoms with Crippen molar-refractivity contribution in [1.29, 1.82) is 0 Å². The first-order valence-corrected chi connectivity index (χ1v) is 5.91. The van der Waals surface area contributed by atoms with E-state index < -0.39 is 0 Å². The molecule has 0 atom stereocenters. The van der Waals surface area contributed by atoms with Crippen LogP contribution in [0.1, 0.15) is 5.76 Å². The molecule has 0 amide bonds. The monoisotopic (exact) mass is 278 g/mol. The molecule has 0 N–H and O–H groups in total. The van der Waals surface area contributed by atoms with Crippen LogP contribution < -0.4 is 5.63 Å². The Morgan fingerprint density at radius 3 is 2.62 bits per heavy atom. The molecule has 0 saturated heterocycles. The van der Waals surface area contributed by atoms with Gasteiger partial charge in [-0.3, -0.25) is 0 Å². The Morgan fingerprint density at radius 2 is 1.81 bits per heavy atom. The lowest BCUT2D eigenvalue weighted by atomic mass is 10.2. The topological polar surface area (TPSA) is 43.4 Å². The zero-order valence-electron chi connectivity index (χ0n) is 8.20. The van der Waals surface area contributed by atoms with E-state index in [-0.39, 0.29) is 5.63 Å². The number of rotatable bonds is 1. The van der Waals surface area contributed by atoms with Gasteiger partial charge < -0.3 is 8.83 Å². The summed E-state index contributed by atoms with van der Waals surface area (Å²) in [4.78, 5) is 11.1. The van der Waals surface area contributed by atoms with Crippen molar-refractivity contribution in [3.05, 3.63) is 46.5 Å². The van der Waals surface area contributed by atoms with E-state index in [0.29, 0.717) is 10.9 Å². The van der Waals surface area contributed by atoms with Crippen LogP contribution in [0.15, 0.2) is 44.0 Å². The van der Waals surface area contributed by atoms with Crippen LogP contribution in [0.3, 0.4) is 0 Å². The number of benzene rings is 1. The molecule has 80 valence electrons. The zero-order valence-corrected chi connectivity index (χ0v) is 9.78. The normalized spacial score (nSPS) is 11.3. The van der Waals surface area contributed by atoms with Gasteiger partial charge in [-0.15, -0.1) is 0 Å². The quantitative estimate of drug-likeness (QED) is 0.506. The standard InChI is InChI=1S/C12H7BrO3/c13-6-9-4-8-3-7-1-2-12(14)16-10(7)5-11(8)15-9/h1-5H,6H2. The molecule has 3 aromatic rings. The molecule has 0 bridgehead atoms. The van der Waals surface area contributed by atoms with Gasteiger partial charge in [0.15, 0.2) is 0 Å². The highest BCUT2D eigenvalue weighted by Crippen LogP contribution is 2.25. The molecule has 16 heavy (non-hydrogen) atoms. The Bertz CT molecular complexity index is 724. The van der Waals surface area contributed by atoms with Crippen molar-refractivity contribution in [2.75, 3.05) is 0 Å². The Kier molecular flexibility index (Phi) is 2.11. The van der Waals surface area contributed by atoms with Crippen LogP contribution in [-0.2, 0) is 5.33 Å². The van der Waals surface area contributed by atoms with Crippen LogP contribution in [0.25, 0.3) is 21.9 Å². The molecule has 0 saturated carbocycles. The van der Waals surface area contributed by atoms with E-state index in [1.807, 2.05) is 12.1 Å². The summed E-state index contributed by atoms with van der Waals surface area (Å²) in [6.45, 7) is 0. The first-order chi connectivity index (χ1) is 7.76. The first-order valence-electron chi connectivity index (χ1n) is 4.78. The van der Waals surface area contributed by atoms with Gasteiger partial charge in [-0.2, -0.15) is 0 Å². The van der Waals surface area contributed by atoms with Gasteiger partial charge >= 0.3 is 5.63 Å². The highest BCUT2D eigenvalue weighted by molar-refractivity contribution is 9.08. The lowest BCUT2D eigenvalue weighted by Gasteiger charge is -1.94. The van der Waals surface area contributed by atoms with E-state index in [1.165, 1.54) is 6.07 Å². The third kappa shape index (κ3) is 1.46. The third-order valence-electron chi connectivity index (χ3n) is 2.44. The summed E-state index contributed by atoms with van der Waals surface area (Å²) in [7, 11) is 0. The molecule has 0 aliphatic heterocycles. The minimum Gasteiger partial charge on any atom is -0.460 e. The lowest BCUT2D eigenvalue weighted by molar-refractivity contribution is 0.555. The molecular weight excluding hydrogens is 272 g/mol. The first kappa shape index (κ1) is 9.66. The Morgan fingerprint density at radius 1 is 1.00 bits per heavy atom. The summed E-state index contributed by atoms with van der Waals surface area (Å²) in [6.07, 6.45) is 0. The van der Waals surface area contributed by atoms with Crippen LogP contribution in [0.4, 0.5) is 0 Å². The summed E-state index contributed by atoms with van der Waals surface area (Å²) in [5.74, 6) is 0.854. The Balaban J connectivity index is 2.41. The predicted molar refractivity (Wildman–Crippen MR) is 64.9 cm³/mol. The second kappa shape index (κ2) is 3.49. The molecule has 0 radical (unpaired) electrons. The Labute approximate surface area is 98.8 Å². The maximum atomic E-state index is 11.1. The average Bonchev–Trinajstić information content (AvgIpc) is 2.67. The molecule has 0 spiro atoms. The summed E-state index contributed by atoms with van der Waals surface area (Å²) in [5.41, 5.74) is 0.936. The molecule has 4 heteroatoms. The van der Waals surface area contributed by atoms with Gasteiger partial charge in [0.1, 0.15) is 16.9 Å². The molecule has 0 aliphatic rings. The van der Waals surface area contributed by atoms with Crippen molar-refractivity contribution in [3.8, 4) is 0 Å². The fourth-order valence-electron chi connectivity index (χ4n) is 1.73. The van der Waals surface area contributed by atoms with E-state index in [1.54, 1.807) is 12.1 Å². The SMILES string of the molecule is O=c1ccc2cc3cc(CBr)oc3cc2o1. The minimum absolute atomic E-state index is 0.348. The molecule has 0 unspecified atom stereocenters. The van der Waals surface area contributed by atoms with Crippen molar-refractivity contribution in [1.82, 2.24) is 0 Å². The number of fused-ring (bicyclic) bond motifs is 2. The van der Waals surface area contributed by atoms with E-state index in [0.717, 1.165) is 22.1 Å². The molecule has 3 rings (SSSR count). The number of alkyl halides is 1. The van der Waals surface area contributed by atoms with E-state index in [9.17, 15) is 4.79 Å². The van der Waals surface area contributed by atoms with Gasteiger partial charge in [-0.05, 0) is 18.2 Å². The molecule has 2 heterocycles. The minimum atomic E-state index is -0.348. The summed E-state index contributed by atoms with van der Waals surface area (Å²) in [6, 6.07) is 8.83. The second-order valence-electron chi connectivity index (χ2n) is 3.53. The van der Waals surface area contributed by atoms with Crippen molar-refractivity contribution in [2.24, 2.45) is 0 Å². The second-order valence-corrected chi connectivity index (χ2v) is 4.09. The number of furan rings is 1. The van der Waals surface area contributed by atoms with Gasteiger partial charge in [0.05, 0.1) is 5.33 Å². The third-order valence-corrected chi connectivity index (χ3v) is 2.99. The molecule has 0 fully saturated rings. The molecule has 1 aromatic carbocycles. The maximum Gasteiger partial charge on any atom is 0.336 e. The highest BCUT2D eigenvalue weighted by Gasteiger charge is 2.05. The number of hydrogen-bond donors (Lipinski definition) is 0. The Hall–Kier alpha value is -1.55. The number of hydrogen-bond acceptors (Lipinski definition) is 3. The summed E-state index contributed by atoms with van der Waals surface area (Å²) >= 11 is 3.34. The molecular formula is C12H7BrO3. The van der Waals surface area contributed by atoms with E-state index in [4.69, 9.17) is 8.83 Å². The summed E-state index contributed by atoms with van der Waals surface area (Å²) < 4.78 is 10.6. The smallest absolute Gasteiger partial charge is 0.336 e. The average molecular weight is 279 g/mol. The van der Waals surface area contributed by atoms with Crippen molar-refractivity contribution < 1.29 is 8.83 Å². The molecule has 2 aromatic heterocycles. The molecule has 3 nitrogen and oxygen atoms in total. The fraction of sp³-hybridized carbons (Fsp3) is 0.0833. The number of halogens is 1. The van der Waals surface area contributed by atoms with Gasteiger partial charge in [-0.25, -0.2) is 4.79 Å². The highest BCUT2D eigenvalue weighted by atomic mass is 79.9. The van der Waals surface area contributed by atoms with Crippen LogP contribution in [0.5, 0.6) is 0 Å². The van der Waals surface area contributed by atoms with Gasteiger partial charge in [0.2, 0.25) is 0 Å². The van der Waals surface area contributed by atoms with Gasteiger partial charge in [0, 0.05) is 22.9 Å². The lowest BCUT2D eigenvalue weighted by Crippen LogP contribution is -1.93. The largest absolute Gasteiger partial charge is 0.460 e. The summed E-state index contributed by atoms with van der Waals surface area (Å²) in [5, 5.41) is 2.58. The predicted octanol–water partition coefficient (Wildman–Crippen LogP) is 3.43. The van der Waals surface area contributed by atoms with E-state index in [2.05, 4.69) is 15.9 Å². The molecule has 0 aliphatic carbocycles. The van der Waals surface area contributed by atoms with Crippen LogP contribution in [0, 0.1) is 0 Å². The van der Waals surface area contributed by atoms with Gasteiger partial charge in [0.25, 0.3) is 0 Å². The van der Waals surface area contributed by atoms with Crippen LogP contribution >= 0.6 is 15.9 Å².